The van der Waals surface area contributed by atoms with Crippen LogP contribution in [0.25, 0.3) is 0 Å². The summed E-state index contributed by atoms with van der Waals surface area (Å²) in [4.78, 5) is 2.37. The van der Waals surface area contributed by atoms with Gasteiger partial charge in [-0.3, -0.25) is 4.90 Å². The zero-order valence-electron chi connectivity index (χ0n) is 14.2. The van der Waals surface area contributed by atoms with Crippen molar-refractivity contribution in [2.75, 3.05) is 19.6 Å². The molecular weight excluding hydrogens is 370 g/mol. The molecule has 1 aliphatic rings. The molecular formula is C19H20ClN3O2S. The molecule has 1 atom stereocenters. The van der Waals surface area contributed by atoms with Gasteiger partial charge in [0.2, 0.25) is 10.0 Å². The largest absolute Gasteiger partial charge is 0.295 e. The minimum Gasteiger partial charge on any atom is -0.295 e. The number of halogens is 1. The Labute approximate surface area is 159 Å². The number of benzene rings is 2. The van der Waals surface area contributed by atoms with E-state index in [0.717, 1.165) is 31.5 Å². The molecule has 1 unspecified atom stereocenters. The van der Waals surface area contributed by atoms with Crippen LogP contribution < -0.4 is 4.72 Å². The van der Waals surface area contributed by atoms with E-state index < -0.39 is 10.0 Å². The zero-order chi connectivity index (χ0) is 18.6. The fourth-order valence-corrected chi connectivity index (χ4v) is 4.56. The molecule has 7 heteroatoms. The summed E-state index contributed by atoms with van der Waals surface area (Å²) in [6.07, 6.45) is 2.25. The van der Waals surface area contributed by atoms with Gasteiger partial charge in [0.1, 0.15) is 6.07 Å². The average Bonchev–Trinajstić information content (AvgIpc) is 3.17. The van der Waals surface area contributed by atoms with Crippen molar-refractivity contribution >= 4 is 21.6 Å². The molecule has 3 rings (SSSR count). The molecule has 0 radical (unpaired) electrons. The van der Waals surface area contributed by atoms with Gasteiger partial charge in [-0.05, 0) is 49.7 Å². The second-order valence-electron chi connectivity index (χ2n) is 6.27. The molecule has 1 saturated heterocycles. The summed E-state index contributed by atoms with van der Waals surface area (Å²) in [5.41, 5.74) is 1.35. The van der Waals surface area contributed by atoms with Crippen LogP contribution in [0.3, 0.4) is 0 Å². The number of nitriles is 1. The van der Waals surface area contributed by atoms with Crippen LogP contribution in [0.2, 0.25) is 5.02 Å². The van der Waals surface area contributed by atoms with Crippen molar-refractivity contribution < 1.29 is 8.42 Å². The first-order valence-corrected chi connectivity index (χ1v) is 10.4. The smallest absolute Gasteiger partial charge is 0.240 e. The van der Waals surface area contributed by atoms with Gasteiger partial charge in [-0.25, -0.2) is 13.1 Å². The van der Waals surface area contributed by atoms with Crippen molar-refractivity contribution in [3.63, 3.8) is 0 Å². The lowest BCUT2D eigenvalue weighted by atomic mass is 10.1. The minimum absolute atomic E-state index is 0.0117. The third-order valence-electron chi connectivity index (χ3n) is 4.60. The molecule has 0 bridgehead atoms. The van der Waals surface area contributed by atoms with Crippen LogP contribution in [0.4, 0.5) is 0 Å². The maximum atomic E-state index is 12.7. The van der Waals surface area contributed by atoms with E-state index in [1.54, 1.807) is 0 Å². The molecule has 136 valence electrons. The predicted molar refractivity (Wildman–Crippen MR) is 101 cm³/mol. The molecule has 26 heavy (non-hydrogen) atoms. The van der Waals surface area contributed by atoms with Gasteiger partial charge in [0.15, 0.2) is 0 Å². The molecule has 2 aromatic carbocycles. The summed E-state index contributed by atoms with van der Waals surface area (Å²) < 4.78 is 28.0. The fourth-order valence-electron chi connectivity index (χ4n) is 3.21. The molecule has 2 aromatic rings. The molecule has 0 amide bonds. The van der Waals surface area contributed by atoms with Crippen molar-refractivity contribution in [1.82, 2.24) is 9.62 Å². The highest BCUT2D eigenvalue weighted by Crippen LogP contribution is 2.25. The number of hydrogen-bond donors (Lipinski definition) is 1. The van der Waals surface area contributed by atoms with Crippen molar-refractivity contribution in [2.45, 2.75) is 23.8 Å². The first-order valence-electron chi connectivity index (χ1n) is 8.49. The van der Waals surface area contributed by atoms with Gasteiger partial charge >= 0.3 is 0 Å². The number of nitrogens with zero attached hydrogens (tertiary/aromatic N) is 2. The SMILES string of the molecule is N#Cc1ccc(S(=O)(=O)NCC(c2ccccc2)N2CCCC2)cc1Cl. The van der Waals surface area contributed by atoms with Gasteiger partial charge in [0.05, 0.1) is 15.5 Å². The third kappa shape index (κ3) is 4.25. The van der Waals surface area contributed by atoms with Gasteiger partial charge in [0.25, 0.3) is 0 Å². The summed E-state index contributed by atoms with van der Waals surface area (Å²) in [6.45, 7) is 2.21. The minimum atomic E-state index is -3.71. The third-order valence-corrected chi connectivity index (χ3v) is 6.34. The van der Waals surface area contributed by atoms with Crippen LogP contribution in [0.5, 0.6) is 0 Å². The first kappa shape index (κ1) is 18.9. The normalized spacial score (nSPS) is 16.3. The van der Waals surface area contributed by atoms with Crippen molar-refractivity contribution in [1.29, 1.82) is 5.26 Å². The number of nitrogens with one attached hydrogen (secondary N) is 1. The van der Waals surface area contributed by atoms with Crippen LogP contribution in [-0.2, 0) is 10.0 Å². The Hall–Kier alpha value is -1.91. The highest BCUT2D eigenvalue weighted by atomic mass is 35.5. The van der Waals surface area contributed by atoms with E-state index in [2.05, 4.69) is 9.62 Å². The molecule has 0 aromatic heterocycles. The number of hydrogen-bond acceptors (Lipinski definition) is 4. The predicted octanol–water partition coefficient (Wildman–Crippen LogP) is 3.33. The van der Waals surface area contributed by atoms with E-state index in [-0.39, 0.29) is 28.1 Å². The Morgan fingerprint density at radius 1 is 1.15 bits per heavy atom. The Kier molecular flexibility index (Phi) is 5.94. The molecule has 1 aliphatic heterocycles. The topological polar surface area (TPSA) is 73.2 Å². The number of likely N-dealkylation sites (tertiary alicyclic amines) is 1. The maximum Gasteiger partial charge on any atom is 0.240 e. The highest BCUT2D eigenvalue weighted by Gasteiger charge is 2.25. The number of rotatable bonds is 6. The monoisotopic (exact) mass is 389 g/mol. The van der Waals surface area contributed by atoms with E-state index >= 15 is 0 Å². The van der Waals surface area contributed by atoms with Crippen LogP contribution in [0, 0.1) is 11.3 Å². The lowest BCUT2D eigenvalue weighted by Crippen LogP contribution is -2.36. The standard InChI is InChI=1S/C19H20ClN3O2S/c20-18-12-17(9-8-16(18)13-21)26(24,25)22-14-19(23-10-4-5-11-23)15-6-2-1-3-7-15/h1-3,6-9,12,19,22H,4-5,10-11,14H2. The first-order chi connectivity index (χ1) is 12.5. The van der Waals surface area contributed by atoms with Crippen molar-refractivity contribution in [3.8, 4) is 6.07 Å². The lowest BCUT2D eigenvalue weighted by Gasteiger charge is -2.28. The summed E-state index contributed by atoms with van der Waals surface area (Å²) >= 11 is 5.97. The molecule has 1 fully saturated rings. The molecule has 1 heterocycles. The summed E-state index contributed by atoms with van der Waals surface area (Å²) in [6, 6.07) is 16.0. The van der Waals surface area contributed by atoms with Crippen molar-refractivity contribution in [3.05, 3.63) is 64.7 Å². The average molecular weight is 390 g/mol. The number of sulfonamides is 1. The fraction of sp³-hybridized carbons (Fsp3) is 0.316. The maximum absolute atomic E-state index is 12.7. The second kappa shape index (κ2) is 8.19. The van der Waals surface area contributed by atoms with Crippen LogP contribution in [0.1, 0.15) is 30.0 Å². The Bertz CT molecular complexity index is 904. The Balaban J connectivity index is 1.79. The Morgan fingerprint density at radius 2 is 1.85 bits per heavy atom. The molecule has 0 aliphatic carbocycles. The lowest BCUT2D eigenvalue weighted by molar-refractivity contribution is 0.246. The van der Waals surface area contributed by atoms with Crippen LogP contribution >= 0.6 is 11.6 Å². The van der Waals surface area contributed by atoms with E-state index in [4.69, 9.17) is 16.9 Å². The van der Waals surface area contributed by atoms with Gasteiger partial charge in [0, 0.05) is 12.6 Å². The molecule has 5 nitrogen and oxygen atoms in total. The second-order valence-corrected chi connectivity index (χ2v) is 8.45. The summed E-state index contributed by atoms with van der Waals surface area (Å²) in [5.74, 6) is 0. The quantitative estimate of drug-likeness (QED) is 0.822. The Morgan fingerprint density at radius 3 is 2.46 bits per heavy atom. The zero-order valence-corrected chi connectivity index (χ0v) is 15.8. The van der Waals surface area contributed by atoms with E-state index in [0.29, 0.717) is 0 Å². The van der Waals surface area contributed by atoms with Crippen LogP contribution in [-0.4, -0.2) is 33.0 Å². The summed E-state index contributed by atoms with van der Waals surface area (Å²) in [5, 5.41) is 9.06. The van der Waals surface area contributed by atoms with Gasteiger partial charge in [-0.15, -0.1) is 0 Å². The van der Waals surface area contributed by atoms with E-state index in [1.165, 1.54) is 18.2 Å². The van der Waals surface area contributed by atoms with E-state index in [9.17, 15) is 8.42 Å². The summed E-state index contributed by atoms with van der Waals surface area (Å²) in [7, 11) is -3.71. The highest BCUT2D eigenvalue weighted by molar-refractivity contribution is 7.89. The molecule has 0 spiro atoms. The van der Waals surface area contributed by atoms with E-state index in [1.807, 2.05) is 36.4 Å². The molecule has 1 N–H and O–H groups in total. The van der Waals surface area contributed by atoms with Gasteiger partial charge < -0.3 is 0 Å². The van der Waals surface area contributed by atoms with Crippen LogP contribution in [0.15, 0.2) is 53.4 Å². The molecule has 0 saturated carbocycles. The van der Waals surface area contributed by atoms with Gasteiger partial charge in [-0.1, -0.05) is 41.9 Å². The van der Waals surface area contributed by atoms with Crippen molar-refractivity contribution in [2.24, 2.45) is 0 Å². The van der Waals surface area contributed by atoms with Gasteiger partial charge in [-0.2, -0.15) is 5.26 Å².